The summed E-state index contributed by atoms with van der Waals surface area (Å²) < 4.78 is 10.1. The number of esters is 1. The summed E-state index contributed by atoms with van der Waals surface area (Å²) in [6.45, 7) is 3.80. The first-order valence-corrected chi connectivity index (χ1v) is 5.81. The zero-order valence-corrected chi connectivity index (χ0v) is 10.3. The Labute approximate surface area is 104 Å². The van der Waals surface area contributed by atoms with Crippen LogP contribution in [0.4, 0.5) is 0 Å². The van der Waals surface area contributed by atoms with Crippen molar-refractivity contribution in [3.8, 4) is 0 Å². The summed E-state index contributed by atoms with van der Waals surface area (Å²) in [5.41, 5.74) is 1.97. The van der Waals surface area contributed by atoms with E-state index in [0.29, 0.717) is 29.2 Å². The molecule has 0 aliphatic carbocycles. The number of benzene rings is 1. The molecule has 0 fully saturated rings. The Bertz CT molecular complexity index is 561. The molecule has 0 saturated carbocycles. The summed E-state index contributed by atoms with van der Waals surface area (Å²) in [5.74, 6) is 0.156. The highest BCUT2D eigenvalue weighted by Crippen LogP contribution is 2.23. The van der Waals surface area contributed by atoms with Gasteiger partial charge in [0.1, 0.15) is 5.52 Å². The fraction of sp³-hybridized carbons (Fsp3) is 0.385. The lowest BCUT2D eigenvalue weighted by atomic mass is 10.1. The summed E-state index contributed by atoms with van der Waals surface area (Å²) in [6, 6.07) is 5.17. The zero-order chi connectivity index (χ0) is 13.1. The molecule has 1 N–H and O–H groups in total. The van der Waals surface area contributed by atoms with Crippen LogP contribution in [-0.4, -0.2) is 22.7 Å². The van der Waals surface area contributed by atoms with Crippen LogP contribution in [0.3, 0.4) is 0 Å². The van der Waals surface area contributed by atoms with Gasteiger partial charge in [-0.25, -0.2) is 4.98 Å². The van der Waals surface area contributed by atoms with Gasteiger partial charge in [0.15, 0.2) is 11.5 Å². The highest BCUT2D eigenvalue weighted by molar-refractivity contribution is 5.74. The van der Waals surface area contributed by atoms with Gasteiger partial charge in [0.05, 0.1) is 19.1 Å². The third-order valence-electron chi connectivity index (χ3n) is 2.57. The molecule has 5 heteroatoms. The molecule has 5 nitrogen and oxygen atoms in total. The summed E-state index contributed by atoms with van der Waals surface area (Å²) in [7, 11) is 0. The van der Waals surface area contributed by atoms with Crippen molar-refractivity contribution in [3.05, 3.63) is 29.7 Å². The van der Waals surface area contributed by atoms with E-state index >= 15 is 0 Å². The van der Waals surface area contributed by atoms with Crippen molar-refractivity contribution in [1.82, 2.24) is 4.98 Å². The first-order chi connectivity index (χ1) is 8.60. The predicted molar refractivity (Wildman–Crippen MR) is 65.0 cm³/mol. The monoisotopic (exact) mass is 249 g/mol. The van der Waals surface area contributed by atoms with Gasteiger partial charge >= 0.3 is 5.97 Å². The van der Waals surface area contributed by atoms with E-state index in [1.807, 2.05) is 0 Å². The average molecular weight is 249 g/mol. The molecule has 96 valence electrons. The normalized spacial score (nSPS) is 12.6. The topological polar surface area (TPSA) is 72.6 Å². The molecule has 0 amide bonds. The quantitative estimate of drug-likeness (QED) is 0.840. The lowest BCUT2D eigenvalue weighted by Gasteiger charge is -2.09. The minimum Gasteiger partial charge on any atom is -0.466 e. The number of hydrogen-bond donors (Lipinski definition) is 1. The molecule has 0 unspecified atom stereocenters. The second-order valence-corrected chi connectivity index (χ2v) is 3.98. The van der Waals surface area contributed by atoms with Crippen molar-refractivity contribution >= 4 is 17.1 Å². The molecule has 18 heavy (non-hydrogen) atoms. The Morgan fingerprint density at radius 1 is 1.56 bits per heavy atom. The van der Waals surface area contributed by atoms with E-state index in [1.165, 1.54) is 0 Å². The van der Waals surface area contributed by atoms with Crippen LogP contribution in [-0.2, 0) is 9.53 Å². The number of rotatable bonds is 4. The summed E-state index contributed by atoms with van der Waals surface area (Å²) in [6.07, 6.45) is -0.943. The first kappa shape index (κ1) is 12.6. The van der Waals surface area contributed by atoms with Gasteiger partial charge in [-0.05, 0) is 24.6 Å². The standard InChI is InChI=1S/C13H15NO4/c1-3-17-13(16)7-11(15)9-4-5-12-10(6-9)14-8(2)18-12/h4-6,11,15H,3,7H2,1-2H3/t11-/m0/s1. The van der Waals surface area contributed by atoms with Crippen LogP contribution in [0, 0.1) is 6.92 Å². The fourth-order valence-corrected chi connectivity index (χ4v) is 1.76. The molecule has 0 spiro atoms. The lowest BCUT2D eigenvalue weighted by molar-refractivity contribution is -0.145. The minimum atomic E-state index is -0.884. The number of hydrogen-bond acceptors (Lipinski definition) is 5. The Morgan fingerprint density at radius 2 is 2.33 bits per heavy atom. The van der Waals surface area contributed by atoms with Gasteiger partial charge in [0, 0.05) is 6.92 Å². The van der Waals surface area contributed by atoms with E-state index in [1.54, 1.807) is 32.0 Å². The van der Waals surface area contributed by atoms with Crippen molar-refractivity contribution in [2.24, 2.45) is 0 Å². The highest BCUT2D eigenvalue weighted by atomic mass is 16.5. The molecule has 0 bridgehead atoms. The molecule has 1 aromatic heterocycles. The maximum absolute atomic E-state index is 11.3. The maximum atomic E-state index is 11.3. The van der Waals surface area contributed by atoms with Crippen molar-refractivity contribution in [2.75, 3.05) is 6.61 Å². The number of aliphatic hydroxyl groups is 1. The number of ether oxygens (including phenoxy) is 1. The third-order valence-corrected chi connectivity index (χ3v) is 2.57. The summed E-state index contributed by atoms with van der Waals surface area (Å²) in [4.78, 5) is 15.5. The van der Waals surface area contributed by atoms with Crippen LogP contribution in [0.15, 0.2) is 22.6 Å². The fourth-order valence-electron chi connectivity index (χ4n) is 1.76. The zero-order valence-electron chi connectivity index (χ0n) is 10.3. The number of fused-ring (bicyclic) bond motifs is 1. The maximum Gasteiger partial charge on any atom is 0.308 e. The molecule has 2 rings (SSSR count). The smallest absolute Gasteiger partial charge is 0.308 e. The second-order valence-electron chi connectivity index (χ2n) is 3.98. The summed E-state index contributed by atoms with van der Waals surface area (Å²) in [5, 5.41) is 9.92. The van der Waals surface area contributed by atoms with E-state index in [2.05, 4.69) is 4.98 Å². The van der Waals surface area contributed by atoms with E-state index in [9.17, 15) is 9.90 Å². The second kappa shape index (κ2) is 5.18. The van der Waals surface area contributed by atoms with E-state index in [4.69, 9.17) is 9.15 Å². The van der Waals surface area contributed by atoms with Crippen LogP contribution in [0.1, 0.15) is 30.9 Å². The van der Waals surface area contributed by atoms with Crippen LogP contribution in [0.5, 0.6) is 0 Å². The number of carbonyl (C=O) groups excluding carboxylic acids is 1. The Morgan fingerprint density at radius 3 is 3.06 bits per heavy atom. The number of aromatic nitrogens is 1. The molecular formula is C13H15NO4. The van der Waals surface area contributed by atoms with Gasteiger partial charge in [-0.1, -0.05) is 6.07 Å². The van der Waals surface area contributed by atoms with Crippen molar-refractivity contribution in [1.29, 1.82) is 0 Å². The van der Waals surface area contributed by atoms with Gasteiger partial charge < -0.3 is 14.3 Å². The highest BCUT2D eigenvalue weighted by Gasteiger charge is 2.15. The largest absolute Gasteiger partial charge is 0.466 e. The van der Waals surface area contributed by atoms with E-state index in [-0.39, 0.29) is 6.42 Å². The number of aliphatic hydroxyl groups excluding tert-OH is 1. The van der Waals surface area contributed by atoms with Crippen molar-refractivity contribution in [3.63, 3.8) is 0 Å². The Kier molecular flexibility index (Phi) is 3.62. The predicted octanol–water partition coefficient (Wildman–Crippen LogP) is 2.12. The van der Waals surface area contributed by atoms with Gasteiger partial charge in [-0.15, -0.1) is 0 Å². The van der Waals surface area contributed by atoms with Crippen molar-refractivity contribution in [2.45, 2.75) is 26.4 Å². The minimum absolute atomic E-state index is 0.0593. The molecule has 0 aliphatic heterocycles. The van der Waals surface area contributed by atoms with E-state index in [0.717, 1.165) is 0 Å². The van der Waals surface area contributed by atoms with Crippen LogP contribution in [0.2, 0.25) is 0 Å². The molecule has 1 aromatic carbocycles. The average Bonchev–Trinajstić information content (AvgIpc) is 2.68. The van der Waals surface area contributed by atoms with E-state index < -0.39 is 12.1 Å². The first-order valence-electron chi connectivity index (χ1n) is 5.81. The van der Waals surface area contributed by atoms with Gasteiger partial charge in [0.2, 0.25) is 0 Å². The van der Waals surface area contributed by atoms with Crippen molar-refractivity contribution < 1.29 is 19.1 Å². The molecule has 2 aromatic rings. The number of aryl methyl sites for hydroxylation is 1. The molecule has 0 radical (unpaired) electrons. The molecule has 1 heterocycles. The number of nitrogens with zero attached hydrogens (tertiary/aromatic N) is 1. The number of oxazole rings is 1. The van der Waals surface area contributed by atoms with Gasteiger partial charge in [-0.2, -0.15) is 0 Å². The molecule has 0 saturated heterocycles. The summed E-state index contributed by atoms with van der Waals surface area (Å²) >= 11 is 0. The Hall–Kier alpha value is -1.88. The Balaban J connectivity index is 2.17. The third kappa shape index (κ3) is 2.68. The van der Waals surface area contributed by atoms with Gasteiger partial charge in [0.25, 0.3) is 0 Å². The number of carbonyl (C=O) groups is 1. The molecule has 1 atom stereocenters. The van der Waals surface area contributed by atoms with Crippen LogP contribution >= 0.6 is 0 Å². The molecule has 0 aliphatic rings. The van der Waals surface area contributed by atoms with Gasteiger partial charge in [-0.3, -0.25) is 4.79 Å². The SMILES string of the molecule is CCOC(=O)C[C@H](O)c1ccc2oc(C)nc2c1. The molecular weight excluding hydrogens is 234 g/mol. The lowest BCUT2D eigenvalue weighted by Crippen LogP contribution is -2.09. The van der Waals surface area contributed by atoms with Crippen LogP contribution < -0.4 is 0 Å². The van der Waals surface area contributed by atoms with Crippen LogP contribution in [0.25, 0.3) is 11.1 Å².